The van der Waals surface area contributed by atoms with Crippen molar-refractivity contribution in [3.63, 3.8) is 0 Å². The number of carbonyl (C=O) groups excluding carboxylic acids is 2. The van der Waals surface area contributed by atoms with Gasteiger partial charge in [-0.15, -0.1) is 0 Å². The first-order valence-corrected chi connectivity index (χ1v) is 12.8. The van der Waals surface area contributed by atoms with Crippen LogP contribution in [0, 0.1) is 11.3 Å². The van der Waals surface area contributed by atoms with Crippen LogP contribution in [0.2, 0.25) is 0 Å². The molecule has 2 saturated carbocycles. The topological polar surface area (TPSA) is 89.2 Å². The summed E-state index contributed by atoms with van der Waals surface area (Å²) in [6, 6.07) is 18.7. The van der Waals surface area contributed by atoms with Crippen LogP contribution < -0.4 is 15.8 Å². The van der Waals surface area contributed by atoms with E-state index in [1.54, 1.807) is 30.2 Å². The lowest BCUT2D eigenvalue weighted by Crippen LogP contribution is -2.44. The molecule has 1 N–H and O–H groups in total. The number of aryl methyl sites for hydroxylation is 1. The number of amides is 2. The minimum Gasteiger partial charge on any atom is -0.350 e. The van der Waals surface area contributed by atoms with Crippen LogP contribution in [0.3, 0.4) is 0 Å². The highest BCUT2D eigenvalue weighted by molar-refractivity contribution is 6.05. The molecule has 3 heterocycles. The molecule has 1 saturated heterocycles. The van der Waals surface area contributed by atoms with E-state index >= 15 is 0 Å². The maximum Gasteiger partial charge on any atom is 0.250 e. The van der Waals surface area contributed by atoms with Crippen LogP contribution in [-0.2, 0) is 16.6 Å². The minimum atomic E-state index is -0.543. The first kappa shape index (κ1) is 22.0. The minimum absolute atomic E-state index is 0.0702. The number of anilines is 1. The van der Waals surface area contributed by atoms with Gasteiger partial charge < -0.3 is 14.8 Å². The normalized spacial score (nSPS) is 22.1. The molecule has 0 bridgehead atoms. The van der Waals surface area contributed by atoms with Gasteiger partial charge in [0.1, 0.15) is 0 Å². The standard InChI is InChI=1S/C29H27N5O3/c1-32-17-22(10-12-24(32)35)34-23-11-9-21(15-20(23)16-30-34)33-25(18-5-3-2-4-6-18)26(29(13-14-29)28(33)37)31-27(36)19-7-8-19/h2-6,9-12,15-17,19,25-26H,7-8,13-14H2,1H3,(H,31,36)/t25-,26?/m1/s1. The molecule has 1 spiro atoms. The monoisotopic (exact) mass is 493 g/mol. The molecule has 7 rings (SSSR count). The van der Waals surface area contributed by atoms with E-state index < -0.39 is 5.41 Å². The van der Waals surface area contributed by atoms with E-state index in [-0.39, 0.29) is 35.4 Å². The van der Waals surface area contributed by atoms with Gasteiger partial charge in [-0.05, 0) is 55.5 Å². The summed E-state index contributed by atoms with van der Waals surface area (Å²) in [7, 11) is 1.71. The Bertz CT molecular complexity index is 1610. The maximum absolute atomic E-state index is 14.0. The Morgan fingerprint density at radius 3 is 2.46 bits per heavy atom. The van der Waals surface area contributed by atoms with E-state index in [2.05, 4.69) is 10.4 Å². The van der Waals surface area contributed by atoms with E-state index in [1.807, 2.05) is 53.4 Å². The zero-order chi connectivity index (χ0) is 25.3. The Balaban J connectivity index is 1.31. The molecule has 8 nitrogen and oxygen atoms in total. The van der Waals surface area contributed by atoms with Gasteiger partial charge in [-0.3, -0.25) is 14.4 Å². The number of hydrogen-bond donors (Lipinski definition) is 1. The van der Waals surface area contributed by atoms with Gasteiger partial charge in [-0.25, -0.2) is 4.68 Å². The van der Waals surface area contributed by atoms with Crippen LogP contribution in [0.1, 0.15) is 37.3 Å². The summed E-state index contributed by atoms with van der Waals surface area (Å²) in [5, 5.41) is 8.75. The van der Waals surface area contributed by atoms with E-state index in [1.165, 1.54) is 10.6 Å². The molecule has 2 atom stereocenters. The molecule has 2 aromatic carbocycles. The predicted molar refractivity (Wildman–Crippen MR) is 139 cm³/mol. The summed E-state index contributed by atoms with van der Waals surface area (Å²) in [5.41, 5.74) is 2.84. The SMILES string of the molecule is Cn1cc(-n2ncc3cc(N4C(=O)C5(CC5)C(NC(=O)C5CC5)[C@H]4c4ccccc4)ccc32)ccc1=O. The fourth-order valence-corrected chi connectivity index (χ4v) is 5.79. The number of rotatable bonds is 5. The Morgan fingerprint density at radius 1 is 1.00 bits per heavy atom. The molecular formula is C29H27N5O3. The van der Waals surface area contributed by atoms with Crippen molar-refractivity contribution in [1.29, 1.82) is 0 Å². The average molecular weight is 494 g/mol. The second kappa shape index (κ2) is 7.90. The number of nitrogens with one attached hydrogen (secondary N) is 1. The number of nitrogens with zero attached hydrogens (tertiary/aromatic N) is 4. The predicted octanol–water partition coefficient (Wildman–Crippen LogP) is 3.49. The average Bonchev–Trinajstić information content (AvgIpc) is 3.84. The van der Waals surface area contributed by atoms with Crippen molar-refractivity contribution in [2.24, 2.45) is 18.4 Å². The first-order valence-electron chi connectivity index (χ1n) is 12.8. The molecule has 2 aromatic heterocycles. The van der Waals surface area contributed by atoms with Crippen molar-refractivity contribution in [1.82, 2.24) is 19.7 Å². The van der Waals surface area contributed by atoms with Crippen LogP contribution in [0.4, 0.5) is 5.69 Å². The summed E-state index contributed by atoms with van der Waals surface area (Å²) < 4.78 is 3.32. The third kappa shape index (κ3) is 3.43. The highest BCUT2D eigenvalue weighted by atomic mass is 16.2. The van der Waals surface area contributed by atoms with Crippen molar-refractivity contribution in [2.75, 3.05) is 4.90 Å². The van der Waals surface area contributed by atoms with E-state index in [4.69, 9.17) is 0 Å². The number of hydrogen-bond acceptors (Lipinski definition) is 4. The van der Waals surface area contributed by atoms with Gasteiger partial charge in [0, 0.05) is 36.3 Å². The third-order valence-corrected chi connectivity index (χ3v) is 8.15. The Labute approximate surface area is 213 Å². The van der Waals surface area contributed by atoms with Crippen LogP contribution in [0.15, 0.2) is 77.9 Å². The fraction of sp³-hybridized carbons (Fsp3) is 0.310. The fourth-order valence-electron chi connectivity index (χ4n) is 5.79. The Morgan fingerprint density at radius 2 is 1.76 bits per heavy atom. The second-order valence-corrected chi connectivity index (χ2v) is 10.6. The van der Waals surface area contributed by atoms with Gasteiger partial charge in [0.05, 0.1) is 34.9 Å². The third-order valence-electron chi connectivity index (χ3n) is 8.15. The molecular weight excluding hydrogens is 466 g/mol. The summed E-state index contributed by atoms with van der Waals surface area (Å²) in [5.74, 6) is 0.226. The molecule has 3 fully saturated rings. The van der Waals surface area contributed by atoms with E-state index in [0.29, 0.717) is 0 Å². The molecule has 2 aliphatic carbocycles. The van der Waals surface area contributed by atoms with Crippen LogP contribution in [-0.4, -0.2) is 32.2 Å². The summed E-state index contributed by atoms with van der Waals surface area (Å²) in [6.45, 7) is 0. The molecule has 1 unspecified atom stereocenters. The zero-order valence-corrected chi connectivity index (χ0v) is 20.5. The lowest BCUT2D eigenvalue weighted by atomic mass is 9.91. The molecule has 1 aliphatic heterocycles. The van der Waals surface area contributed by atoms with Gasteiger partial charge in [-0.2, -0.15) is 5.10 Å². The molecule has 8 heteroatoms. The number of fused-ring (bicyclic) bond motifs is 1. The van der Waals surface area contributed by atoms with Gasteiger partial charge >= 0.3 is 0 Å². The first-order chi connectivity index (χ1) is 18.0. The van der Waals surface area contributed by atoms with Crippen LogP contribution >= 0.6 is 0 Å². The second-order valence-electron chi connectivity index (χ2n) is 10.6. The highest BCUT2D eigenvalue weighted by Crippen LogP contribution is 2.60. The number of carbonyl (C=O) groups is 2. The number of pyridine rings is 1. The van der Waals surface area contributed by atoms with Crippen molar-refractivity contribution in [3.05, 3.63) is 89.0 Å². The van der Waals surface area contributed by atoms with Gasteiger partial charge in [0.15, 0.2) is 0 Å². The largest absolute Gasteiger partial charge is 0.350 e. The van der Waals surface area contributed by atoms with E-state index in [9.17, 15) is 14.4 Å². The van der Waals surface area contributed by atoms with Crippen LogP contribution in [0.5, 0.6) is 0 Å². The van der Waals surface area contributed by atoms with Gasteiger partial charge in [-0.1, -0.05) is 30.3 Å². The van der Waals surface area contributed by atoms with Gasteiger partial charge in [0.25, 0.3) is 0 Å². The zero-order valence-electron chi connectivity index (χ0n) is 20.5. The number of aromatic nitrogens is 3. The summed E-state index contributed by atoms with van der Waals surface area (Å²) in [4.78, 5) is 40.6. The molecule has 4 aromatic rings. The highest BCUT2D eigenvalue weighted by Gasteiger charge is 2.67. The van der Waals surface area contributed by atoms with E-state index in [0.717, 1.165) is 53.5 Å². The molecule has 37 heavy (non-hydrogen) atoms. The lowest BCUT2D eigenvalue weighted by molar-refractivity contribution is -0.124. The molecule has 2 amide bonds. The Hall–Kier alpha value is -4.20. The van der Waals surface area contributed by atoms with Crippen molar-refractivity contribution >= 4 is 28.4 Å². The number of benzene rings is 2. The van der Waals surface area contributed by atoms with Gasteiger partial charge in [0.2, 0.25) is 17.4 Å². The Kier molecular flexibility index (Phi) is 4.70. The lowest BCUT2D eigenvalue weighted by Gasteiger charge is -2.29. The quantitative estimate of drug-likeness (QED) is 0.461. The van der Waals surface area contributed by atoms with Crippen molar-refractivity contribution in [3.8, 4) is 5.69 Å². The summed E-state index contributed by atoms with van der Waals surface area (Å²) >= 11 is 0. The van der Waals surface area contributed by atoms with Crippen LogP contribution in [0.25, 0.3) is 16.6 Å². The molecule has 186 valence electrons. The van der Waals surface area contributed by atoms with Crippen molar-refractivity contribution < 1.29 is 9.59 Å². The maximum atomic E-state index is 14.0. The smallest absolute Gasteiger partial charge is 0.250 e. The van der Waals surface area contributed by atoms with Crippen molar-refractivity contribution in [2.45, 2.75) is 37.8 Å². The molecule has 0 radical (unpaired) electrons. The summed E-state index contributed by atoms with van der Waals surface area (Å²) in [6.07, 6.45) is 6.95. The molecule has 3 aliphatic rings.